The van der Waals surface area contributed by atoms with Crippen LogP contribution in [0.15, 0.2) is 48.5 Å². The van der Waals surface area contributed by atoms with Crippen LogP contribution in [0.25, 0.3) is 11.1 Å². The summed E-state index contributed by atoms with van der Waals surface area (Å²) in [6, 6.07) is 15.7. The van der Waals surface area contributed by atoms with Gasteiger partial charge >= 0.3 is 0 Å². The molecule has 2 nitrogen and oxygen atoms in total. The Morgan fingerprint density at radius 2 is 1.85 bits per heavy atom. The Bertz CT molecular complexity index is 618. The topological polar surface area (TPSA) is 26.3 Å². The Morgan fingerprint density at radius 1 is 1.10 bits per heavy atom. The first-order valence-corrected chi connectivity index (χ1v) is 7.12. The van der Waals surface area contributed by atoms with Crippen LogP contribution in [0.4, 0.5) is 0 Å². The maximum Gasteiger partial charge on any atom is 0.173 e. The molecule has 0 atom stereocenters. The van der Waals surface area contributed by atoms with Gasteiger partial charge in [-0.3, -0.25) is 4.79 Å². The minimum absolute atomic E-state index is 0.120. The number of carbonyl (C=O) groups is 1. The van der Waals surface area contributed by atoms with Crippen LogP contribution < -0.4 is 4.74 Å². The summed E-state index contributed by atoms with van der Waals surface area (Å²) in [7, 11) is 0. The van der Waals surface area contributed by atoms with Crippen molar-refractivity contribution in [2.24, 2.45) is 5.92 Å². The highest BCUT2D eigenvalue weighted by molar-refractivity contribution is 6.32. The van der Waals surface area contributed by atoms with Gasteiger partial charge in [0.1, 0.15) is 12.4 Å². The van der Waals surface area contributed by atoms with Gasteiger partial charge in [0, 0.05) is 5.92 Å². The zero-order valence-corrected chi connectivity index (χ0v) is 11.8. The van der Waals surface area contributed by atoms with Crippen molar-refractivity contribution >= 4 is 17.4 Å². The second-order valence-corrected chi connectivity index (χ2v) is 5.45. The van der Waals surface area contributed by atoms with Crippen LogP contribution in [-0.2, 0) is 4.79 Å². The third kappa shape index (κ3) is 3.02. The Balaban J connectivity index is 1.72. The number of hydrogen-bond donors (Lipinski definition) is 0. The van der Waals surface area contributed by atoms with Gasteiger partial charge in [0.25, 0.3) is 0 Å². The summed E-state index contributed by atoms with van der Waals surface area (Å²) in [5.41, 5.74) is 2.14. The number of halogens is 1. The van der Waals surface area contributed by atoms with E-state index in [0.29, 0.717) is 10.8 Å². The molecular formula is C17H15ClO2. The lowest BCUT2D eigenvalue weighted by Crippen LogP contribution is -2.12. The third-order valence-corrected chi connectivity index (χ3v) is 3.74. The molecule has 1 aliphatic rings. The fraction of sp³-hybridized carbons (Fsp3) is 0.235. The minimum atomic E-state index is 0.120. The first-order valence-electron chi connectivity index (χ1n) is 6.74. The molecule has 3 rings (SSSR count). The van der Waals surface area contributed by atoms with Crippen LogP contribution in [0, 0.1) is 5.92 Å². The van der Waals surface area contributed by atoms with Gasteiger partial charge in [-0.2, -0.15) is 0 Å². The van der Waals surface area contributed by atoms with Crippen molar-refractivity contribution in [3.05, 3.63) is 53.6 Å². The predicted molar refractivity (Wildman–Crippen MR) is 80.1 cm³/mol. The van der Waals surface area contributed by atoms with E-state index in [9.17, 15) is 4.79 Å². The monoisotopic (exact) mass is 286 g/mol. The van der Waals surface area contributed by atoms with Crippen molar-refractivity contribution in [3.63, 3.8) is 0 Å². The van der Waals surface area contributed by atoms with Crippen LogP contribution >= 0.6 is 11.6 Å². The summed E-state index contributed by atoms with van der Waals surface area (Å²) >= 11 is 6.22. The van der Waals surface area contributed by atoms with E-state index in [4.69, 9.17) is 16.3 Å². The number of carbonyl (C=O) groups excluding carboxylic acids is 1. The number of ether oxygens (including phenoxy) is 1. The van der Waals surface area contributed by atoms with Gasteiger partial charge in [-0.05, 0) is 36.1 Å². The summed E-state index contributed by atoms with van der Waals surface area (Å²) < 4.78 is 5.51. The van der Waals surface area contributed by atoms with Crippen LogP contribution in [0.1, 0.15) is 12.8 Å². The number of ketones is 1. The molecule has 1 fully saturated rings. The molecule has 2 aromatic carbocycles. The molecule has 0 spiro atoms. The molecule has 0 N–H and O–H groups in total. The van der Waals surface area contributed by atoms with Gasteiger partial charge in [-0.1, -0.05) is 48.0 Å². The SMILES string of the molecule is O=C(COc1ccc(-c2ccccc2)cc1Cl)C1CC1. The number of Topliss-reactive ketones (excluding diaryl/α,β-unsaturated/α-hetero) is 1. The molecule has 0 unspecified atom stereocenters. The lowest BCUT2D eigenvalue weighted by Gasteiger charge is -2.09. The van der Waals surface area contributed by atoms with Crippen LogP contribution in [0.3, 0.4) is 0 Å². The molecule has 0 bridgehead atoms. The first kappa shape index (κ1) is 13.2. The third-order valence-electron chi connectivity index (χ3n) is 3.44. The average molecular weight is 287 g/mol. The molecule has 102 valence electrons. The first-order chi connectivity index (χ1) is 9.74. The molecule has 2 aromatic rings. The summed E-state index contributed by atoms with van der Waals surface area (Å²) in [4.78, 5) is 11.6. The zero-order chi connectivity index (χ0) is 13.9. The average Bonchev–Trinajstić information content (AvgIpc) is 3.31. The summed E-state index contributed by atoms with van der Waals surface area (Å²) in [5.74, 6) is 0.964. The number of rotatable bonds is 5. The predicted octanol–water partition coefficient (Wildman–Crippen LogP) is 4.36. The Hall–Kier alpha value is -1.80. The summed E-state index contributed by atoms with van der Waals surface area (Å²) in [5, 5.41) is 0.537. The van der Waals surface area contributed by atoms with E-state index in [2.05, 4.69) is 0 Å². The van der Waals surface area contributed by atoms with E-state index in [1.54, 1.807) is 0 Å². The van der Waals surface area contributed by atoms with Crippen LogP contribution in [0.2, 0.25) is 5.02 Å². The standard InChI is InChI=1S/C17H15ClO2/c18-15-10-14(12-4-2-1-3-5-12)8-9-17(15)20-11-16(19)13-6-7-13/h1-5,8-10,13H,6-7,11H2. The van der Waals surface area contributed by atoms with Gasteiger partial charge < -0.3 is 4.74 Å². The molecule has 20 heavy (non-hydrogen) atoms. The van der Waals surface area contributed by atoms with Gasteiger partial charge in [0.2, 0.25) is 0 Å². The van der Waals surface area contributed by atoms with Crippen LogP contribution in [0.5, 0.6) is 5.75 Å². The smallest absolute Gasteiger partial charge is 0.173 e. The molecule has 0 heterocycles. The molecule has 0 aromatic heterocycles. The molecule has 3 heteroatoms. The Morgan fingerprint density at radius 3 is 2.50 bits per heavy atom. The highest BCUT2D eigenvalue weighted by atomic mass is 35.5. The Labute approximate surface area is 123 Å². The van der Waals surface area contributed by atoms with E-state index in [1.165, 1.54) is 0 Å². The maximum absolute atomic E-state index is 11.6. The molecule has 0 aliphatic heterocycles. The van der Waals surface area contributed by atoms with Crippen molar-refractivity contribution in [1.29, 1.82) is 0 Å². The van der Waals surface area contributed by atoms with Crippen LogP contribution in [-0.4, -0.2) is 12.4 Å². The van der Waals surface area contributed by atoms with Gasteiger partial charge in [0.05, 0.1) is 5.02 Å². The van der Waals surface area contributed by atoms with Gasteiger partial charge in [-0.25, -0.2) is 0 Å². The second kappa shape index (κ2) is 5.68. The maximum atomic E-state index is 11.6. The highest BCUT2D eigenvalue weighted by Crippen LogP contribution is 2.32. The molecule has 1 saturated carbocycles. The van der Waals surface area contributed by atoms with E-state index in [0.717, 1.165) is 24.0 Å². The summed E-state index contributed by atoms with van der Waals surface area (Å²) in [6.07, 6.45) is 2.01. The second-order valence-electron chi connectivity index (χ2n) is 5.04. The fourth-order valence-corrected chi connectivity index (χ4v) is 2.34. The van der Waals surface area contributed by atoms with Crippen molar-refractivity contribution in [2.75, 3.05) is 6.61 Å². The van der Waals surface area contributed by atoms with Crippen molar-refractivity contribution in [2.45, 2.75) is 12.8 Å². The molecule has 0 saturated heterocycles. The van der Waals surface area contributed by atoms with Crippen molar-refractivity contribution in [3.8, 4) is 16.9 Å². The minimum Gasteiger partial charge on any atom is -0.484 e. The van der Waals surface area contributed by atoms with Gasteiger partial charge in [-0.15, -0.1) is 0 Å². The van der Waals surface area contributed by atoms with Gasteiger partial charge in [0.15, 0.2) is 5.78 Å². The molecular weight excluding hydrogens is 272 g/mol. The number of benzene rings is 2. The van der Waals surface area contributed by atoms with E-state index in [1.807, 2.05) is 48.5 Å². The molecule has 1 aliphatic carbocycles. The highest BCUT2D eigenvalue weighted by Gasteiger charge is 2.29. The van der Waals surface area contributed by atoms with Crippen molar-refractivity contribution < 1.29 is 9.53 Å². The summed E-state index contributed by atoms with van der Waals surface area (Å²) in [6.45, 7) is 0.120. The normalized spacial score (nSPS) is 14.1. The fourth-order valence-electron chi connectivity index (χ4n) is 2.10. The number of hydrogen-bond acceptors (Lipinski definition) is 2. The van der Waals surface area contributed by atoms with E-state index < -0.39 is 0 Å². The van der Waals surface area contributed by atoms with Crippen molar-refractivity contribution in [1.82, 2.24) is 0 Å². The van der Waals surface area contributed by atoms with E-state index >= 15 is 0 Å². The quantitative estimate of drug-likeness (QED) is 0.816. The van der Waals surface area contributed by atoms with E-state index in [-0.39, 0.29) is 18.3 Å². The molecule has 0 amide bonds. The zero-order valence-electron chi connectivity index (χ0n) is 11.0. The Kier molecular flexibility index (Phi) is 3.75. The lowest BCUT2D eigenvalue weighted by molar-refractivity contribution is -0.122. The molecule has 0 radical (unpaired) electrons. The lowest BCUT2D eigenvalue weighted by atomic mass is 10.1. The largest absolute Gasteiger partial charge is 0.484 e.